The number of fused-ring (bicyclic) bond motifs is 3. The molecule has 1 fully saturated rings. The summed E-state index contributed by atoms with van der Waals surface area (Å²) in [7, 11) is 0. The average molecular weight is 338 g/mol. The fourth-order valence-corrected chi connectivity index (χ4v) is 4.23. The van der Waals surface area contributed by atoms with Crippen molar-refractivity contribution in [2.45, 2.75) is 32.7 Å². The van der Waals surface area contributed by atoms with E-state index in [2.05, 4.69) is 44.7 Å². The van der Waals surface area contributed by atoms with Crippen molar-refractivity contribution in [1.29, 1.82) is 0 Å². The van der Waals surface area contributed by atoms with Gasteiger partial charge in [-0.15, -0.1) is 0 Å². The van der Waals surface area contributed by atoms with E-state index in [0.717, 1.165) is 66.6 Å². The Morgan fingerprint density at radius 3 is 2.72 bits per heavy atom. The molecule has 132 valence electrons. The molecule has 4 heterocycles. The monoisotopic (exact) mass is 338 g/mol. The summed E-state index contributed by atoms with van der Waals surface area (Å²) in [5, 5.41) is 2.27. The minimum atomic E-state index is 0.610. The number of pyridine rings is 2. The first-order chi connectivity index (χ1) is 12.2. The second-order valence-electron chi connectivity index (χ2n) is 6.74. The number of hydrogen-bond donors (Lipinski definition) is 2. The number of nitrogens with one attached hydrogen (secondary N) is 1. The van der Waals surface area contributed by atoms with Gasteiger partial charge in [-0.3, -0.25) is 0 Å². The fourth-order valence-electron chi connectivity index (χ4n) is 4.23. The standard InChI is InChI=1S/C19H26N6/c1-3-24(4-2)13-7-10-25(11-8-13)17-16-14-6-5-9-21-19(14)23-15(16)12-22-18(17)20/h5-6,9,12-13H,3-4,7-8,10-11H2,1-2H3,(H2,20,22)(H,21,23). The van der Waals surface area contributed by atoms with Crippen LogP contribution in [-0.2, 0) is 0 Å². The van der Waals surface area contributed by atoms with Gasteiger partial charge in [0.05, 0.1) is 17.4 Å². The number of H-pyrrole nitrogens is 1. The molecule has 3 aromatic heterocycles. The number of nitrogens with zero attached hydrogens (tertiary/aromatic N) is 4. The van der Waals surface area contributed by atoms with Crippen molar-refractivity contribution >= 4 is 33.4 Å². The Morgan fingerprint density at radius 1 is 1.24 bits per heavy atom. The lowest BCUT2D eigenvalue weighted by Crippen LogP contribution is -2.45. The van der Waals surface area contributed by atoms with Crippen LogP contribution in [0, 0.1) is 0 Å². The van der Waals surface area contributed by atoms with Gasteiger partial charge in [-0.1, -0.05) is 13.8 Å². The van der Waals surface area contributed by atoms with E-state index in [9.17, 15) is 0 Å². The van der Waals surface area contributed by atoms with E-state index in [1.165, 1.54) is 0 Å². The summed E-state index contributed by atoms with van der Waals surface area (Å²) >= 11 is 0. The normalized spacial score (nSPS) is 16.4. The molecular formula is C19H26N6. The largest absolute Gasteiger partial charge is 0.382 e. The second kappa shape index (κ2) is 6.52. The Morgan fingerprint density at radius 2 is 2.00 bits per heavy atom. The predicted octanol–water partition coefficient (Wildman–Crippen LogP) is 3.00. The van der Waals surface area contributed by atoms with E-state index in [1.54, 1.807) is 0 Å². The van der Waals surface area contributed by atoms with Crippen molar-refractivity contribution in [3.05, 3.63) is 24.5 Å². The first kappa shape index (κ1) is 16.1. The topological polar surface area (TPSA) is 74.1 Å². The Hall–Kier alpha value is -2.34. The van der Waals surface area contributed by atoms with Gasteiger partial charge in [0.15, 0.2) is 0 Å². The highest BCUT2D eigenvalue weighted by atomic mass is 15.2. The van der Waals surface area contributed by atoms with Crippen LogP contribution in [0.5, 0.6) is 0 Å². The summed E-state index contributed by atoms with van der Waals surface area (Å²) in [6.45, 7) is 8.76. The minimum Gasteiger partial charge on any atom is -0.382 e. The van der Waals surface area contributed by atoms with Gasteiger partial charge in [0.1, 0.15) is 11.5 Å². The third-order valence-electron chi connectivity index (χ3n) is 5.52. The molecule has 0 spiro atoms. The number of hydrogen-bond acceptors (Lipinski definition) is 5. The van der Waals surface area contributed by atoms with E-state index in [4.69, 9.17) is 5.73 Å². The minimum absolute atomic E-state index is 0.610. The highest BCUT2D eigenvalue weighted by Gasteiger charge is 2.26. The van der Waals surface area contributed by atoms with Gasteiger partial charge in [0.2, 0.25) is 0 Å². The molecule has 1 aliphatic heterocycles. The number of nitrogen functional groups attached to an aromatic ring is 1. The van der Waals surface area contributed by atoms with Crippen molar-refractivity contribution in [2.24, 2.45) is 0 Å². The molecule has 0 radical (unpaired) electrons. The summed E-state index contributed by atoms with van der Waals surface area (Å²) in [6.07, 6.45) is 5.96. The molecule has 0 atom stereocenters. The van der Waals surface area contributed by atoms with Crippen molar-refractivity contribution in [3.63, 3.8) is 0 Å². The van der Waals surface area contributed by atoms with Crippen molar-refractivity contribution in [1.82, 2.24) is 19.9 Å². The van der Waals surface area contributed by atoms with Crippen LogP contribution < -0.4 is 10.6 Å². The summed E-state index contributed by atoms with van der Waals surface area (Å²) in [6, 6.07) is 4.75. The highest BCUT2D eigenvalue weighted by Crippen LogP contribution is 2.37. The molecule has 4 rings (SSSR count). The molecule has 6 heteroatoms. The molecule has 1 aliphatic rings. The summed E-state index contributed by atoms with van der Waals surface area (Å²) in [5.41, 5.74) is 9.28. The van der Waals surface area contributed by atoms with Crippen molar-refractivity contribution in [3.8, 4) is 0 Å². The van der Waals surface area contributed by atoms with Gasteiger partial charge in [-0.2, -0.15) is 0 Å². The highest BCUT2D eigenvalue weighted by molar-refractivity contribution is 6.14. The average Bonchev–Trinajstić information content (AvgIpc) is 3.02. The SMILES string of the molecule is CCN(CC)C1CCN(c2c(N)ncc3[nH]c4ncccc4c23)CC1. The molecule has 3 N–H and O–H groups in total. The molecule has 0 aliphatic carbocycles. The first-order valence-electron chi connectivity index (χ1n) is 9.22. The van der Waals surface area contributed by atoms with Gasteiger partial charge in [0.25, 0.3) is 0 Å². The van der Waals surface area contributed by atoms with Gasteiger partial charge in [-0.05, 0) is 38.1 Å². The first-order valence-corrected chi connectivity index (χ1v) is 9.22. The summed E-state index contributed by atoms with van der Waals surface area (Å²) in [4.78, 5) is 17.2. The molecule has 6 nitrogen and oxygen atoms in total. The zero-order chi connectivity index (χ0) is 17.4. The maximum absolute atomic E-state index is 6.32. The van der Waals surface area contributed by atoms with Gasteiger partial charge in [0, 0.05) is 36.1 Å². The molecule has 25 heavy (non-hydrogen) atoms. The number of rotatable bonds is 4. The number of anilines is 2. The number of piperidine rings is 1. The van der Waals surface area contributed by atoms with Crippen molar-refractivity contribution < 1.29 is 0 Å². The Bertz CT molecular complexity index is 874. The van der Waals surface area contributed by atoms with Crippen LogP contribution in [0.1, 0.15) is 26.7 Å². The predicted molar refractivity (Wildman–Crippen MR) is 104 cm³/mol. The van der Waals surface area contributed by atoms with E-state index in [1.807, 2.05) is 18.5 Å². The number of nitrogens with two attached hydrogens (primary N) is 1. The van der Waals surface area contributed by atoms with Gasteiger partial charge >= 0.3 is 0 Å². The zero-order valence-corrected chi connectivity index (χ0v) is 15.0. The molecule has 1 saturated heterocycles. The molecule has 3 aromatic rings. The third-order valence-corrected chi connectivity index (χ3v) is 5.52. The van der Waals surface area contributed by atoms with Crippen LogP contribution >= 0.6 is 0 Å². The van der Waals surface area contributed by atoms with Crippen LogP contribution in [-0.4, -0.2) is 52.1 Å². The maximum atomic E-state index is 6.32. The maximum Gasteiger partial charge on any atom is 0.147 e. The van der Waals surface area contributed by atoms with Gasteiger partial charge in [-0.25, -0.2) is 9.97 Å². The second-order valence-corrected chi connectivity index (χ2v) is 6.74. The lowest BCUT2D eigenvalue weighted by Gasteiger charge is -2.39. The number of aromatic nitrogens is 3. The fraction of sp³-hybridized carbons (Fsp3) is 0.474. The van der Waals surface area contributed by atoms with Crippen LogP contribution in [0.2, 0.25) is 0 Å². The summed E-state index contributed by atoms with van der Waals surface area (Å²) < 4.78 is 0. The van der Waals surface area contributed by atoms with E-state index >= 15 is 0 Å². The molecule has 0 bridgehead atoms. The zero-order valence-electron chi connectivity index (χ0n) is 15.0. The Kier molecular flexibility index (Phi) is 4.21. The molecule has 0 saturated carbocycles. The Balaban J connectivity index is 1.71. The van der Waals surface area contributed by atoms with Gasteiger partial charge < -0.3 is 20.5 Å². The molecule has 0 aromatic carbocycles. The molecule has 0 unspecified atom stereocenters. The molecule has 0 amide bonds. The van der Waals surface area contributed by atoms with Crippen LogP contribution in [0.4, 0.5) is 11.5 Å². The van der Waals surface area contributed by atoms with Crippen molar-refractivity contribution in [2.75, 3.05) is 36.8 Å². The Labute approximate surface area is 148 Å². The quantitative estimate of drug-likeness (QED) is 0.765. The van der Waals surface area contributed by atoms with Crippen LogP contribution in [0.25, 0.3) is 21.9 Å². The van der Waals surface area contributed by atoms with Crippen LogP contribution in [0.15, 0.2) is 24.5 Å². The smallest absolute Gasteiger partial charge is 0.147 e. The third kappa shape index (κ3) is 2.70. The lowest BCUT2D eigenvalue weighted by atomic mass is 10.0. The number of aromatic amines is 1. The lowest BCUT2D eigenvalue weighted by molar-refractivity contribution is 0.186. The summed E-state index contributed by atoms with van der Waals surface area (Å²) in [5.74, 6) is 0.610. The van der Waals surface area contributed by atoms with Crippen LogP contribution in [0.3, 0.4) is 0 Å². The van der Waals surface area contributed by atoms with E-state index < -0.39 is 0 Å². The molecular weight excluding hydrogens is 312 g/mol. The van der Waals surface area contributed by atoms with E-state index in [-0.39, 0.29) is 0 Å². The van der Waals surface area contributed by atoms with E-state index in [0.29, 0.717) is 11.9 Å².